The molecule has 0 saturated carbocycles. The monoisotopic (exact) mass is 563 g/mol. The van der Waals surface area contributed by atoms with Crippen LogP contribution in [0.3, 0.4) is 0 Å². The summed E-state index contributed by atoms with van der Waals surface area (Å²) in [6.45, 7) is 13.4. The van der Waals surface area contributed by atoms with E-state index in [4.69, 9.17) is 4.79 Å². The van der Waals surface area contributed by atoms with Crippen LogP contribution < -0.4 is 21.7 Å². The molecule has 1 saturated heterocycles. The van der Waals surface area contributed by atoms with Crippen molar-refractivity contribution >= 4 is 18.6 Å². The number of hydrogen-bond acceptors (Lipinski definition) is 6. The highest BCUT2D eigenvalue weighted by Crippen LogP contribution is 2.02. The Hall–Kier alpha value is -3.14. The molecule has 0 spiro atoms. The molecule has 0 unspecified atom stereocenters. The van der Waals surface area contributed by atoms with Crippen LogP contribution in [0.4, 0.5) is 4.39 Å². The minimum atomic E-state index is -0.171. The van der Waals surface area contributed by atoms with Gasteiger partial charge in [0.05, 0.1) is 6.54 Å². The van der Waals surface area contributed by atoms with Crippen LogP contribution in [0.2, 0.25) is 0 Å². The Balaban J connectivity index is -0.000000430. The highest BCUT2D eigenvalue weighted by atomic mass is 19.1. The third kappa shape index (κ3) is 31.1. The van der Waals surface area contributed by atoms with Gasteiger partial charge in [0.15, 0.2) is 0 Å². The number of benzene rings is 2. The van der Waals surface area contributed by atoms with Gasteiger partial charge in [0.2, 0.25) is 12.3 Å². The number of carbonyl (C=O) groups is 3. The fourth-order valence-corrected chi connectivity index (χ4v) is 2.83. The van der Waals surface area contributed by atoms with Crippen molar-refractivity contribution in [2.24, 2.45) is 5.73 Å². The van der Waals surface area contributed by atoms with Crippen LogP contribution in [0.1, 0.15) is 51.7 Å². The fourth-order valence-electron chi connectivity index (χ4n) is 2.83. The molecule has 2 amide bonds. The van der Waals surface area contributed by atoms with Gasteiger partial charge in [0.25, 0.3) is 0 Å². The highest BCUT2D eigenvalue weighted by molar-refractivity contribution is 5.78. The number of amides is 2. The number of likely N-dealkylation sites (tertiary alicyclic amines) is 1. The van der Waals surface area contributed by atoms with E-state index in [-0.39, 0.29) is 24.3 Å². The third-order valence-electron chi connectivity index (χ3n) is 4.69. The molecule has 8 nitrogen and oxygen atoms in total. The normalized spacial score (nSPS) is 10.8. The smallest absolute Gasteiger partial charge is 0.234 e. The van der Waals surface area contributed by atoms with Crippen LogP contribution in [0.25, 0.3) is 0 Å². The molecule has 0 aliphatic carbocycles. The number of carbonyl (C=O) groups excluding carboxylic acids is 3. The van der Waals surface area contributed by atoms with E-state index in [9.17, 15) is 14.0 Å². The van der Waals surface area contributed by atoms with Crippen LogP contribution in [-0.2, 0) is 20.8 Å². The first-order valence-corrected chi connectivity index (χ1v) is 13.9. The topological polar surface area (TPSA) is 117 Å². The van der Waals surface area contributed by atoms with Gasteiger partial charge in [0.1, 0.15) is 12.1 Å². The molecule has 2 aromatic rings. The second-order valence-electron chi connectivity index (χ2n) is 8.64. The number of halogens is 1. The molecule has 1 aliphatic heterocycles. The SMILES string of the molecule is CC.CNCC(=O)NC(C)C.CNCCc1ccccc1.Cc1ccc(F)cc1.NCC=O.O=CN1CCCC1. The maximum absolute atomic E-state index is 12.1. The molecule has 228 valence electrons. The molecule has 0 bridgehead atoms. The summed E-state index contributed by atoms with van der Waals surface area (Å²) in [7, 11) is 3.73. The molecule has 2 aromatic carbocycles. The lowest BCUT2D eigenvalue weighted by atomic mass is 10.2. The molecule has 0 aromatic heterocycles. The maximum atomic E-state index is 12.1. The molecule has 0 radical (unpaired) electrons. The summed E-state index contributed by atoms with van der Waals surface area (Å²) < 4.78 is 12.1. The van der Waals surface area contributed by atoms with Gasteiger partial charge < -0.3 is 31.4 Å². The summed E-state index contributed by atoms with van der Waals surface area (Å²) in [5.41, 5.74) is 7.15. The lowest BCUT2D eigenvalue weighted by Crippen LogP contribution is -2.36. The summed E-state index contributed by atoms with van der Waals surface area (Å²) in [4.78, 5) is 31.5. The fraction of sp³-hybridized carbons (Fsp3) is 0.516. The lowest BCUT2D eigenvalue weighted by Gasteiger charge is -2.06. The highest BCUT2D eigenvalue weighted by Gasteiger charge is 2.06. The van der Waals surface area contributed by atoms with Gasteiger partial charge in [-0.25, -0.2) is 4.39 Å². The second-order valence-corrected chi connectivity index (χ2v) is 8.64. The maximum Gasteiger partial charge on any atom is 0.234 e. The quantitative estimate of drug-likeness (QED) is 0.364. The number of rotatable bonds is 8. The molecule has 1 heterocycles. The lowest BCUT2D eigenvalue weighted by molar-refractivity contribution is -0.120. The summed E-state index contributed by atoms with van der Waals surface area (Å²) in [5, 5.41) is 8.62. The average molecular weight is 564 g/mol. The van der Waals surface area contributed by atoms with Gasteiger partial charge in [0, 0.05) is 25.7 Å². The minimum absolute atomic E-state index is 0.0486. The summed E-state index contributed by atoms with van der Waals surface area (Å²) in [6.07, 6.45) is 5.09. The van der Waals surface area contributed by atoms with Crippen molar-refractivity contribution in [1.29, 1.82) is 0 Å². The van der Waals surface area contributed by atoms with Gasteiger partial charge in [-0.05, 0) is 78.4 Å². The van der Waals surface area contributed by atoms with Crippen LogP contribution in [0.15, 0.2) is 54.6 Å². The Labute approximate surface area is 242 Å². The van der Waals surface area contributed by atoms with E-state index in [1.807, 2.05) is 47.7 Å². The number of aryl methyl sites for hydroxylation is 1. The second kappa shape index (κ2) is 32.1. The van der Waals surface area contributed by atoms with Crippen molar-refractivity contribution in [3.05, 3.63) is 71.5 Å². The van der Waals surface area contributed by atoms with E-state index in [0.29, 0.717) is 12.8 Å². The average Bonchev–Trinajstić information content (AvgIpc) is 3.50. The Morgan fingerprint density at radius 3 is 1.85 bits per heavy atom. The zero-order valence-electron chi connectivity index (χ0n) is 25.7. The van der Waals surface area contributed by atoms with E-state index in [1.165, 1.54) is 30.5 Å². The molecule has 9 heteroatoms. The van der Waals surface area contributed by atoms with Crippen molar-refractivity contribution in [2.45, 2.75) is 59.9 Å². The van der Waals surface area contributed by atoms with Crippen molar-refractivity contribution < 1.29 is 18.8 Å². The molecular formula is C31H54FN5O3. The first-order chi connectivity index (χ1) is 19.2. The number of nitrogens with two attached hydrogens (primary N) is 1. The van der Waals surface area contributed by atoms with E-state index in [1.54, 1.807) is 24.1 Å². The van der Waals surface area contributed by atoms with Gasteiger partial charge in [-0.1, -0.05) is 61.9 Å². The van der Waals surface area contributed by atoms with Crippen molar-refractivity contribution in [3.63, 3.8) is 0 Å². The van der Waals surface area contributed by atoms with E-state index < -0.39 is 0 Å². The van der Waals surface area contributed by atoms with Gasteiger partial charge in [-0.2, -0.15) is 0 Å². The van der Waals surface area contributed by atoms with Gasteiger partial charge in [-0.15, -0.1) is 0 Å². The molecule has 40 heavy (non-hydrogen) atoms. The number of aldehydes is 1. The predicted molar refractivity (Wildman–Crippen MR) is 166 cm³/mol. The molecule has 1 aliphatic rings. The van der Waals surface area contributed by atoms with E-state index in [0.717, 1.165) is 38.0 Å². The van der Waals surface area contributed by atoms with Crippen LogP contribution in [-0.4, -0.2) is 76.4 Å². The summed E-state index contributed by atoms with van der Waals surface area (Å²) in [6, 6.07) is 17.1. The molecular weight excluding hydrogens is 509 g/mol. The van der Waals surface area contributed by atoms with Crippen molar-refractivity contribution in [3.8, 4) is 0 Å². The van der Waals surface area contributed by atoms with Gasteiger partial charge in [-0.3, -0.25) is 9.59 Å². The van der Waals surface area contributed by atoms with Crippen molar-refractivity contribution in [2.75, 3.05) is 46.8 Å². The molecule has 0 atom stereocenters. The summed E-state index contributed by atoms with van der Waals surface area (Å²) in [5.74, 6) is -0.122. The van der Waals surface area contributed by atoms with E-state index >= 15 is 0 Å². The number of nitrogens with zero attached hydrogens (tertiary/aromatic N) is 1. The predicted octanol–water partition coefficient (Wildman–Crippen LogP) is 3.72. The Bertz CT molecular complexity index is 794. The minimum Gasteiger partial charge on any atom is -0.353 e. The Morgan fingerprint density at radius 2 is 1.50 bits per heavy atom. The van der Waals surface area contributed by atoms with Crippen LogP contribution in [0, 0.1) is 12.7 Å². The third-order valence-corrected chi connectivity index (χ3v) is 4.69. The molecule has 5 N–H and O–H groups in total. The molecule has 1 fully saturated rings. The van der Waals surface area contributed by atoms with Gasteiger partial charge >= 0.3 is 0 Å². The summed E-state index contributed by atoms with van der Waals surface area (Å²) >= 11 is 0. The largest absolute Gasteiger partial charge is 0.353 e. The number of likely N-dealkylation sites (N-methyl/N-ethyl adjacent to an activating group) is 2. The zero-order valence-corrected chi connectivity index (χ0v) is 25.7. The first-order valence-electron chi connectivity index (χ1n) is 13.9. The Morgan fingerprint density at radius 1 is 0.975 bits per heavy atom. The number of hydrogen-bond donors (Lipinski definition) is 4. The Kier molecular flexibility index (Phi) is 33.2. The van der Waals surface area contributed by atoms with E-state index in [2.05, 4.69) is 45.9 Å². The van der Waals surface area contributed by atoms with Crippen LogP contribution in [0.5, 0.6) is 0 Å². The number of nitrogens with one attached hydrogen (secondary N) is 3. The first kappa shape index (κ1) is 41.3. The van der Waals surface area contributed by atoms with Crippen LogP contribution >= 0.6 is 0 Å². The standard InChI is InChI=1S/C9H13N.C7H7F.C6H14N2O.C5H9NO.C2H5NO.C2H6/c1-10-8-7-9-5-3-2-4-6-9;1-6-2-4-7(8)5-3-6;1-5(2)8-6(9)4-7-3;7-5-6-3-1-2-4-6;3-1-2-4;1-2/h2-6,10H,7-8H2,1H3;2-5H,1H3;5,7H,4H2,1-3H3,(H,8,9);5H,1-4H2;2H,1,3H2;1-2H3. The zero-order chi connectivity index (χ0) is 31.0. The molecule has 3 rings (SSSR count). The van der Waals surface area contributed by atoms with Crippen molar-refractivity contribution in [1.82, 2.24) is 20.9 Å².